The van der Waals surface area contributed by atoms with Crippen molar-refractivity contribution in [3.05, 3.63) is 30.1 Å². The van der Waals surface area contributed by atoms with Gasteiger partial charge in [0.05, 0.1) is 0 Å². The minimum Gasteiger partial charge on any atom is -0.399 e. The molecule has 1 saturated carbocycles. The smallest absolute Gasteiger partial charge is 0.258 e. The maximum Gasteiger partial charge on any atom is 0.258 e. The normalized spacial score (nSPS) is 23.4. The van der Waals surface area contributed by atoms with Crippen molar-refractivity contribution in [2.24, 2.45) is 5.92 Å². The monoisotopic (exact) mass is 257 g/mol. The largest absolute Gasteiger partial charge is 0.399 e. The molecule has 2 aromatic rings. The van der Waals surface area contributed by atoms with E-state index in [1.165, 1.54) is 12.8 Å². The van der Waals surface area contributed by atoms with Crippen LogP contribution in [-0.4, -0.2) is 10.1 Å². The van der Waals surface area contributed by atoms with Gasteiger partial charge in [0.15, 0.2) is 5.82 Å². The second-order valence-corrected chi connectivity index (χ2v) is 5.54. The summed E-state index contributed by atoms with van der Waals surface area (Å²) in [4.78, 5) is 4.54. The number of aromatic nitrogens is 2. The minimum absolute atomic E-state index is 0.453. The highest BCUT2D eigenvalue weighted by atomic mass is 16.5. The van der Waals surface area contributed by atoms with E-state index in [0.29, 0.717) is 17.5 Å². The lowest BCUT2D eigenvalue weighted by molar-refractivity contribution is 0.329. The Morgan fingerprint density at radius 3 is 2.74 bits per heavy atom. The molecule has 1 aromatic heterocycles. The summed E-state index contributed by atoms with van der Waals surface area (Å²) in [5, 5.41) is 4.14. The van der Waals surface area contributed by atoms with Gasteiger partial charge in [-0.2, -0.15) is 4.98 Å². The van der Waals surface area contributed by atoms with Crippen molar-refractivity contribution >= 4 is 5.69 Å². The molecule has 0 bridgehead atoms. The zero-order valence-electron chi connectivity index (χ0n) is 11.2. The molecule has 4 nitrogen and oxygen atoms in total. The van der Waals surface area contributed by atoms with Crippen molar-refractivity contribution < 1.29 is 4.52 Å². The van der Waals surface area contributed by atoms with Crippen LogP contribution in [0, 0.1) is 5.92 Å². The summed E-state index contributed by atoms with van der Waals surface area (Å²) < 4.78 is 5.37. The average molecular weight is 257 g/mol. The van der Waals surface area contributed by atoms with Gasteiger partial charge in [0.1, 0.15) is 0 Å². The Hall–Kier alpha value is -1.84. The van der Waals surface area contributed by atoms with E-state index in [-0.39, 0.29) is 0 Å². The highest BCUT2D eigenvalue weighted by Crippen LogP contribution is 2.34. The summed E-state index contributed by atoms with van der Waals surface area (Å²) in [5.41, 5.74) is 7.37. The van der Waals surface area contributed by atoms with E-state index >= 15 is 0 Å². The lowest BCUT2D eigenvalue weighted by Gasteiger charge is -2.23. The van der Waals surface area contributed by atoms with Gasteiger partial charge >= 0.3 is 0 Å². The van der Waals surface area contributed by atoms with E-state index in [1.807, 2.05) is 24.3 Å². The fraction of sp³-hybridized carbons (Fsp3) is 0.467. The van der Waals surface area contributed by atoms with E-state index in [0.717, 1.165) is 30.1 Å². The number of anilines is 1. The third kappa shape index (κ3) is 2.62. The van der Waals surface area contributed by atoms with Crippen LogP contribution in [0.1, 0.15) is 44.3 Å². The van der Waals surface area contributed by atoms with Crippen LogP contribution in [0.5, 0.6) is 0 Å². The number of benzene rings is 1. The minimum atomic E-state index is 0.453. The molecule has 0 saturated heterocycles. The molecular formula is C15H19N3O. The Morgan fingerprint density at radius 2 is 2.00 bits per heavy atom. The van der Waals surface area contributed by atoms with Gasteiger partial charge in [-0.3, -0.25) is 0 Å². The highest BCUT2D eigenvalue weighted by molar-refractivity contribution is 5.59. The summed E-state index contributed by atoms with van der Waals surface area (Å²) >= 11 is 0. The van der Waals surface area contributed by atoms with Crippen molar-refractivity contribution in [2.45, 2.75) is 38.5 Å². The molecule has 3 rings (SSSR count). The second-order valence-electron chi connectivity index (χ2n) is 5.54. The summed E-state index contributed by atoms with van der Waals surface area (Å²) in [7, 11) is 0. The maximum atomic E-state index is 5.77. The van der Waals surface area contributed by atoms with E-state index < -0.39 is 0 Å². The molecule has 0 aliphatic heterocycles. The number of nitrogens with zero attached hydrogens (tertiary/aromatic N) is 2. The van der Waals surface area contributed by atoms with E-state index in [1.54, 1.807) is 0 Å². The van der Waals surface area contributed by atoms with Crippen LogP contribution in [0.4, 0.5) is 5.69 Å². The van der Waals surface area contributed by atoms with Gasteiger partial charge in [0.2, 0.25) is 0 Å². The molecule has 19 heavy (non-hydrogen) atoms. The van der Waals surface area contributed by atoms with Crippen LogP contribution < -0.4 is 5.73 Å². The predicted octanol–water partition coefficient (Wildman–Crippen LogP) is 3.61. The number of hydrogen-bond donors (Lipinski definition) is 1. The number of rotatable bonds is 2. The Morgan fingerprint density at radius 1 is 1.21 bits per heavy atom. The topological polar surface area (TPSA) is 64.9 Å². The highest BCUT2D eigenvalue weighted by Gasteiger charge is 2.24. The first-order valence-electron chi connectivity index (χ1n) is 6.92. The Bertz CT molecular complexity index is 556. The van der Waals surface area contributed by atoms with E-state index in [9.17, 15) is 0 Å². The van der Waals surface area contributed by atoms with Crippen LogP contribution in [0.3, 0.4) is 0 Å². The lowest BCUT2D eigenvalue weighted by atomic mass is 9.83. The molecule has 0 atom stereocenters. The van der Waals surface area contributed by atoms with Crippen LogP contribution in [0.15, 0.2) is 28.8 Å². The zero-order valence-corrected chi connectivity index (χ0v) is 11.2. The average Bonchev–Trinajstić information content (AvgIpc) is 2.89. The molecule has 0 amide bonds. The van der Waals surface area contributed by atoms with Gasteiger partial charge < -0.3 is 10.3 Å². The van der Waals surface area contributed by atoms with Crippen molar-refractivity contribution in [3.8, 4) is 11.5 Å². The molecule has 4 heteroatoms. The predicted molar refractivity (Wildman–Crippen MR) is 74.5 cm³/mol. The van der Waals surface area contributed by atoms with Crippen molar-refractivity contribution in [1.29, 1.82) is 0 Å². The Labute approximate surface area is 113 Å². The third-order valence-electron chi connectivity index (χ3n) is 3.96. The van der Waals surface area contributed by atoms with Gasteiger partial charge in [0, 0.05) is 17.2 Å². The molecule has 1 fully saturated rings. The molecule has 2 N–H and O–H groups in total. The van der Waals surface area contributed by atoms with Crippen LogP contribution >= 0.6 is 0 Å². The van der Waals surface area contributed by atoms with Crippen LogP contribution in [0.25, 0.3) is 11.5 Å². The van der Waals surface area contributed by atoms with Crippen LogP contribution in [0.2, 0.25) is 0 Å². The first-order valence-corrected chi connectivity index (χ1v) is 6.92. The summed E-state index contributed by atoms with van der Waals surface area (Å²) in [6.07, 6.45) is 4.84. The number of nitrogens with two attached hydrogens (primary N) is 1. The van der Waals surface area contributed by atoms with Crippen molar-refractivity contribution in [2.75, 3.05) is 5.73 Å². The van der Waals surface area contributed by atoms with Gasteiger partial charge in [-0.15, -0.1) is 0 Å². The summed E-state index contributed by atoms with van der Waals surface area (Å²) in [6, 6.07) is 7.55. The Balaban J connectivity index is 1.80. The zero-order chi connectivity index (χ0) is 13.2. The first kappa shape index (κ1) is 12.2. The first-order chi connectivity index (χ1) is 9.22. The van der Waals surface area contributed by atoms with Crippen LogP contribution in [-0.2, 0) is 0 Å². The number of nitrogen functional groups attached to an aromatic ring is 1. The summed E-state index contributed by atoms with van der Waals surface area (Å²) in [6.45, 7) is 2.31. The molecule has 0 spiro atoms. The molecule has 1 heterocycles. The van der Waals surface area contributed by atoms with Crippen molar-refractivity contribution in [3.63, 3.8) is 0 Å². The molecule has 1 aliphatic rings. The fourth-order valence-corrected chi connectivity index (χ4v) is 2.71. The molecule has 1 aliphatic carbocycles. The molecule has 100 valence electrons. The second kappa shape index (κ2) is 5.03. The SMILES string of the molecule is CC1CCC(c2noc(-c3cccc(N)c3)n2)CC1. The van der Waals surface area contributed by atoms with Gasteiger partial charge in [-0.25, -0.2) is 0 Å². The fourth-order valence-electron chi connectivity index (χ4n) is 2.71. The quantitative estimate of drug-likeness (QED) is 0.835. The molecule has 1 aromatic carbocycles. The van der Waals surface area contributed by atoms with Gasteiger partial charge in [-0.05, 0) is 37.0 Å². The lowest BCUT2D eigenvalue weighted by Crippen LogP contribution is -2.11. The third-order valence-corrected chi connectivity index (χ3v) is 3.96. The standard InChI is InChI=1S/C15H19N3O/c1-10-5-7-11(8-6-10)14-17-15(19-18-14)12-3-2-4-13(16)9-12/h2-4,9-11H,5-8,16H2,1H3. The van der Waals surface area contributed by atoms with Crippen molar-refractivity contribution in [1.82, 2.24) is 10.1 Å². The Kier molecular flexibility index (Phi) is 3.23. The maximum absolute atomic E-state index is 5.77. The van der Waals surface area contributed by atoms with Gasteiger partial charge in [0.25, 0.3) is 5.89 Å². The summed E-state index contributed by atoms with van der Waals surface area (Å²) in [5.74, 6) is 2.71. The van der Waals surface area contributed by atoms with E-state index in [4.69, 9.17) is 10.3 Å². The molecular weight excluding hydrogens is 238 g/mol. The number of hydrogen-bond acceptors (Lipinski definition) is 4. The molecule has 0 radical (unpaired) electrons. The van der Waals surface area contributed by atoms with Gasteiger partial charge in [-0.1, -0.05) is 31.0 Å². The van der Waals surface area contributed by atoms with E-state index in [2.05, 4.69) is 17.1 Å². The molecule has 0 unspecified atom stereocenters.